The van der Waals surface area contributed by atoms with Crippen LogP contribution in [0.2, 0.25) is 0 Å². The van der Waals surface area contributed by atoms with E-state index in [-0.39, 0.29) is 18.3 Å². The van der Waals surface area contributed by atoms with E-state index in [1.165, 1.54) is 0 Å². The van der Waals surface area contributed by atoms with Gasteiger partial charge >= 0.3 is 0 Å². The van der Waals surface area contributed by atoms with Crippen LogP contribution in [-0.2, 0) is 14.3 Å². The van der Waals surface area contributed by atoms with Crippen LogP contribution in [0.4, 0.5) is 0 Å². The van der Waals surface area contributed by atoms with Crippen molar-refractivity contribution in [1.29, 1.82) is 0 Å². The van der Waals surface area contributed by atoms with Crippen LogP contribution in [0.15, 0.2) is 0 Å². The summed E-state index contributed by atoms with van der Waals surface area (Å²) in [6.45, 7) is 7.50. The zero-order valence-corrected chi connectivity index (χ0v) is 9.23. The van der Waals surface area contributed by atoms with Crippen molar-refractivity contribution in [2.24, 2.45) is 11.8 Å². The highest BCUT2D eigenvalue weighted by Gasteiger charge is 2.47. The summed E-state index contributed by atoms with van der Waals surface area (Å²) in [5.74, 6) is 5.64. The molecule has 0 saturated carbocycles. The molecule has 84 valence electrons. The third-order valence-corrected chi connectivity index (χ3v) is 2.81. The first-order valence-electron chi connectivity index (χ1n) is 5.45. The molecule has 0 aromatic carbocycles. The Hall–Kier alpha value is -0.160. The third-order valence-electron chi connectivity index (χ3n) is 2.81. The van der Waals surface area contributed by atoms with Gasteiger partial charge in [0.2, 0.25) is 0 Å². The standard InChI is InChI=1S/C8H15NO3.C2H6/c1-2-5-3-10-8-6(12-9)4-11-7(5)8;1-2/h5-8H,2-4,9H2,1H3;1-2H3. The van der Waals surface area contributed by atoms with E-state index in [0.717, 1.165) is 13.0 Å². The molecule has 0 radical (unpaired) electrons. The molecule has 0 aromatic rings. The molecule has 14 heavy (non-hydrogen) atoms. The quantitative estimate of drug-likeness (QED) is 0.683. The van der Waals surface area contributed by atoms with Gasteiger partial charge in [-0.1, -0.05) is 20.8 Å². The van der Waals surface area contributed by atoms with Gasteiger partial charge in [0.25, 0.3) is 0 Å². The Morgan fingerprint density at radius 2 is 1.86 bits per heavy atom. The Labute approximate surface area is 85.7 Å². The lowest BCUT2D eigenvalue weighted by atomic mass is 9.99. The summed E-state index contributed by atoms with van der Waals surface area (Å²) in [4.78, 5) is 4.77. The molecule has 4 heteroatoms. The van der Waals surface area contributed by atoms with Crippen molar-refractivity contribution < 1.29 is 14.3 Å². The summed E-state index contributed by atoms with van der Waals surface area (Å²) in [5, 5.41) is 0. The fourth-order valence-electron chi connectivity index (χ4n) is 2.01. The molecule has 2 heterocycles. The first kappa shape index (κ1) is 11.9. The van der Waals surface area contributed by atoms with Gasteiger partial charge in [0.15, 0.2) is 0 Å². The van der Waals surface area contributed by atoms with Crippen LogP contribution < -0.4 is 5.90 Å². The molecule has 2 N–H and O–H groups in total. The molecule has 2 fully saturated rings. The van der Waals surface area contributed by atoms with Crippen LogP contribution >= 0.6 is 0 Å². The van der Waals surface area contributed by atoms with Gasteiger partial charge in [-0.25, -0.2) is 5.90 Å². The van der Waals surface area contributed by atoms with Gasteiger partial charge in [-0.3, -0.25) is 4.84 Å². The molecular formula is C10H21NO3. The highest BCUT2D eigenvalue weighted by atomic mass is 16.7. The van der Waals surface area contributed by atoms with E-state index >= 15 is 0 Å². The molecule has 4 atom stereocenters. The monoisotopic (exact) mass is 203 g/mol. The van der Waals surface area contributed by atoms with E-state index in [2.05, 4.69) is 6.92 Å². The zero-order chi connectivity index (χ0) is 10.6. The second-order valence-corrected chi connectivity index (χ2v) is 3.44. The van der Waals surface area contributed by atoms with Crippen molar-refractivity contribution in [1.82, 2.24) is 0 Å². The summed E-state index contributed by atoms with van der Waals surface area (Å²) >= 11 is 0. The maximum atomic E-state index is 5.55. The smallest absolute Gasteiger partial charge is 0.131 e. The average Bonchev–Trinajstić information content (AvgIpc) is 2.80. The number of hydrogen-bond acceptors (Lipinski definition) is 4. The summed E-state index contributed by atoms with van der Waals surface area (Å²) in [6, 6.07) is 0. The lowest BCUT2D eigenvalue weighted by molar-refractivity contribution is -0.0337. The second kappa shape index (κ2) is 5.66. The predicted molar refractivity (Wildman–Crippen MR) is 53.7 cm³/mol. The van der Waals surface area contributed by atoms with Gasteiger partial charge in [-0.05, 0) is 6.42 Å². The van der Waals surface area contributed by atoms with Crippen molar-refractivity contribution >= 4 is 0 Å². The van der Waals surface area contributed by atoms with Crippen LogP contribution in [-0.4, -0.2) is 31.5 Å². The van der Waals surface area contributed by atoms with E-state index in [4.69, 9.17) is 20.2 Å². The topological polar surface area (TPSA) is 53.7 Å². The fourth-order valence-corrected chi connectivity index (χ4v) is 2.01. The second-order valence-electron chi connectivity index (χ2n) is 3.44. The summed E-state index contributed by atoms with van der Waals surface area (Å²) in [7, 11) is 0. The zero-order valence-electron chi connectivity index (χ0n) is 9.23. The van der Waals surface area contributed by atoms with Crippen molar-refractivity contribution in [3.8, 4) is 0 Å². The van der Waals surface area contributed by atoms with E-state index < -0.39 is 0 Å². The molecule has 2 aliphatic heterocycles. The van der Waals surface area contributed by atoms with Crippen LogP contribution in [0.5, 0.6) is 0 Å². The molecule has 2 saturated heterocycles. The molecule has 0 bridgehead atoms. The summed E-state index contributed by atoms with van der Waals surface area (Å²) in [5.41, 5.74) is 0. The minimum absolute atomic E-state index is 0.0634. The van der Waals surface area contributed by atoms with Crippen molar-refractivity contribution in [2.45, 2.75) is 45.5 Å². The van der Waals surface area contributed by atoms with Crippen molar-refractivity contribution in [3.05, 3.63) is 0 Å². The Kier molecular flexibility index (Phi) is 4.81. The van der Waals surface area contributed by atoms with Crippen LogP contribution in [0, 0.1) is 5.92 Å². The van der Waals surface area contributed by atoms with Gasteiger partial charge in [-0.2, -0.15) is 0 Å². The van der Waals surface area contributed by atoms with Crippen LogP contribution in [0.25, 0.3) is 0 Å². The Bertz CT molecular complexity index is 147. The number of nitrogens with two attached hydrogens (primary N) is 1. The number of rotatable bonds is 2. The summed E-state index contributed by atoms with van der Waals surface area (Å²) < 4.78 is 11.1. The summed E-state index contributed by atoms with van der Waals surface area (Å²) in [6.07, 6.45) is 1.31. The number of hydrogen-bond donors (Lipinski definition) is 1. The fraction of sp³-hybridized carbons (Fsp3) is 1.00. The molecule has 0 amide bonds. The van der Waals surface area contributed by atoms with E-state index in [1.807, 2.05) is 13.8 Å². The highest BCUT2D eigenvalue weighted by Crippen LogP contribution is 2.33. The Morgan fingerprint density at radius 3 is 2.43 bits per heavy atom. The van der Waals surface area contributed by atoms with Gasteiger partial charge in [0, 0.05) is 5.92 Å². The van der Waals surface area contributed by atoms with E-state index in [9.17, 15) is 0 Å². The molecule has 0 aromatic heterocycles. The van der Waals surface area contributed by atoms with Gasteiger partial charge < -0.3 is 9.47 Å². The molecule has 2 rings (SSSR count). The average molecular weight is 203 g/mol. The first-order chi connectivity index (χ1) is 6.86. The minimum Gasteiger partial charge on any atom is -0.372 e. The molecule has 4 nitrogen and oxygen atoms in total. The minimum atomic E-state index is -0.0634. The molecule has 2 aliphatic rings. The maximum absolute atomic E-state index is 5.55. The molecule has 0 aliphatic carbocycles. The normalized spacial score (nSPS) is 40.3. The molecular weight excluding hydrogens is 182 g/mol. The maximum Gasteiger partial charge on any atom is 0.131 e. The third kappa shape index (κ3) is 2.08. The van der Waals surface area contributed by atoms with Crippen molar-refractivity contribution in [3.63, 3.8) is 0 Å². The number of ether oxygens (including phenoxy) is 2. The van der Waals surface area contributed by atoms with Crippen LogP contribution in [0.3, 0.4) is 0 Å². The molecule has 0 spiro atoms. The van der Waals surface area contributed by atoms with E-state index in [0.29, 0.717) is 12.5 Å². The largest absolute Gasteiger partial charge is 0.372 e. The highest BCUT2D eigenvalue weighted by molar-refractivity contribution is 4.93. The van der Waals surface area contributed by atoms with Gasteiger partial charge in [0.1, 0.15) is 12.2 Å². The Morgan fingerprint density at radius 1 is 1.21 bits per heavy atom. The van der Waals surface area contributed by atoms with E-state index in [1.54, 1.807) is 0 Å². The lowest BCUT2D eigenvalue weighted by Gasteiger charge is -2.13. The van der Waals surface area contributed by atoms with Gasteiger partial charge in [0.05, 0.1) is 19.3 Å². The van der Waals surface area contributed by atoms with Crippen molar-refractivity contribution in [2.75, 3.05) is 13.2 Å². The Balaban J connectivity index is 0.000000461. The lowest BCUT2D eigenvalue weighted by Crippen LogP contribution is -2.33. The molecule has 4 unspecified atom stereocenters. The van der Waals surface area contributed by atoms with Crippen LogP contribution in [0.1, 0.15) is 27.2 Å². The van der Waals surface area contributed by atoms with Gasteiger partial charge in [-0.15, -0.1) is 0 Å². The number of fused-ring (bicyclic) bond motifs is 1. The SMILES string of the molecule is CC.CCC1COC2C(ON)COC12. The first-order valence-corrected chi connectivity index (χ1v) is 5.45. The predicted octanol–water partition coefficient (Wildman–Crippen LogP) is 1.10.